The van der Waals surface area contributed by atoms with E-state index in [0.717, 1.165) is 37.4 Å². The van der Waals surface area contributed by atoms with Crippen molar-refractivity contribution in [2.45, 2.75) is 51.9 Å². The third-order valence-corrected chi connectivity index (χ3v) is 4.06. The van der Waals surface area contributed by atoms with Crippen LogP contribution in [0.3, 0.4) is 0 Å². The molecule has 0 radical (unpaired) electrons. The zero-order valence-corrected chi connectivity index (χ0v) is 13.4. The van der Waals surface area contributed by atoms with Gasteiger partial charge < -0.3 is 4.74 Å². The Morgan fingerprint density at radius 1 is 1.20 bits per heavy atom. The fraction of sp³-hybridized carbons (Fsp3) is 0.588. The fourth-order valence-corrected chi connectivity index (χ4v) is 2.73. The Morgan fingerprint density at radius 2 is 1.95 bits per heavy atom. The molecule has 2 nitrogen and oxygen atoms in total. The summed E-state index contributed by atoms with van der Waals surface area (Å²) in [6.07, 6.45) is 5.75. The summed E-state index contributed by atoms with van der Waals surface area (Å²) in [6.45, 7) is 5.21. The van der Waals surface area contributed by atoms with E-state index in [9.17, 15) is 0 Å². The van der Waals surface area contributed by atoms with Gasteiger partial charge >= 0.3 is 0 Å². The number of nitrogens with zero attached hydrogens (tertiary/aromatic N) is 1. The summed E-state index contributed by atoms with van der Waals surface area (Å²) in [7, 11) is 0. The topological polar surface area (TPSA) is 33.0 Å². The summed E-state index contributed by atoms with van der Waals surface area (Å²) in [6, 6.07) is 8.48. The van der Waals surface area contributed by atoms with Gasteiger partial charge in [0.15, 0.2) is 0 Å². The lowest BCUT2D eigenvalue weighted by atomic mass is 9.94. The van der Waals surface area contributed by atoms with Gasteiger partial charge in [-0.25, -0.2) is 0 Å². The van der Waals surface area contributed by atoms with Crippen molar-refractivity contribution in [3.8, 4) is 11.2 Å². The molecule has 1 rings (SSSR count). The molecule has 1 aromatic carbocycles. The molecule has 110 valence electrons. The van der Waals surface area contributed by atoms with Crippen LogP contribution >= 0.6 is 11.8 Å². The van der Waals surface area contributed by atoms with Gasteiger partial charge in [-0.1, -0.05) is 38.8 Å². The molecule has 0 saturated heterocycles. The predicted molar refractivity (Wildman–Crippen MR) is 87.2 cm³/mol. The highest BCUT2D eigenvalue weighted by molar-refractivity contribution is 8.03. The van der Waals surface area contributed by atoms with Crippen molar-refractivity contribution >= 4 is 11.8 Å². The molecule has 1 atom stereocenters. The Labute approximate surface area is 127 Å². The number of rotatable bonds is 10. The number of hydrogen-bond acceptors (Lipinski definition) is 3. The molecule has 1 unspecified atom stereocenters. The Hall–Kier alpha value is -1.14. The summed E-state index contributed by atoms with van der Waals surface area (Å²) in [5, 5.41) is 10.7. The van der Waals surface area contributed by atoms with Gasteiger partial charge in [0.1, 0.15) is 11.2 Å². The van der Waals surface area contributed by atoms with Crippen molar-refractivity contribution in [3.05, 3.63) is 29.8 Å². The minimum Gasteiger partial charge on any atom is -0.494 e. The van der Waals surface area contributed by atoms with Crippen molar-refractivity contribution in [1.82, 2.24) is 0 Å². The Morgan fingerprint density at radius 3 is 2.55 bits per heavy atom. The van der Waals surface area contributed by atoms with Crippen LogP contribution in [-0.4, -0.2) is 12.4 Å². The first-order valence-corrected chi connectivity index (χ1v) is 8.54. The van der Waals surface area contributed by atoms with Gasteiger partial charge in [-0.15, -0.1) is 0 Å². The van der Waals surface area contributed by atoms with Gasteiger partial charge in [0.25, 0.3) is 0 Å². The van der Waals surface area contributed by atoms with Gasteiger partial charge in [-0.3, -0.25) is 0 Å². The lowest BCUT2D eigenvalue weighted by Gasteiger charge is -2.15. The van der Waals surface area contributed by atoms with Crippen molar-refractivity contribution in [2.24, 2.45) is 0 Å². The van der Waals surface area contributed by atoms with E-state index in [1.165, 1.54) is 30.2 Å². The third-order valence-electron chi connectivity index (χ3n) is 3.49. The van der Waals surface area contributed by atoms with Crippen molar-refractivity contribution in [2.75, 3.05) is 12.4 Å². The number of benzene rings is 1. The lowest BCUT2D eigenvalue weighted by molar-refractivity contribution is 0.306. The Bertz CT molecular complexity index is 396. The summed E-state index contributed by atoms with van der Waals surface area (Å²) in [5.41, 5.74) is 1.35. The highest BCUT2D eigenvalue weighted by atomic mass is 32.2. The van der Waals surface area contributed by atoms with Gasteiger partial charge in [-0.2, -0.15) is 5.26 Å². The van der Waals surface area contributed by atoms with E-state index in [1.54, 1.807) is 0 Å². The molecule has 0 aliphatic heterocycles. The van der Waals surface area contributed by atoms with E-state index in [0.29, 0.717) is 5.92 Å². The smallest absolute Gasteiger partial charge is 0.133 e. The highest BCUT2D eigenvalue weighted by Gasteiger charge is 2.09. The first kappa shape index (κ1) is 16.9. The second kappa shape index (κ2) is 10.6. The fourth-order valence-electron chi connectivity index (χ4n) is 2.23. The van der Waals surface area contributed by atoms with Crippen LogP contribution in [0.4, 0.5) is 0 Å². The average Bonchev–Trinajstić information content (AvgIpc) is 2.49. The standard InChI is InChI=1S/C17H25NOS/c1-3-5-6-12-19-17-9-7-16(8-10-17)15(4-2)11-13-20-14-18/h7-10,15H,3-6,11-13H2,1-2H3. The van der Waals surface area contributed by atoms with E-state index >= 15 is 0 Å². The molecule has 0 aromatic heterocycles. The predicted octanol–water partition coefficient (Wildman–Crippen LogP) is 5.35. The molecule has 0 aliphatic rings. The van der Waals surface area contributed by atoms with Gasteiger partial charge in [0, 0.05) is 5.75 Å². The second-order valence-corrected chi connectivity index (χ2v) is 5.84. The second-order valence-electron chi connectivity index (χ2n) is 4.96. The Balaban J connectivity index is 2.45. The monoisotopic (exact) mass is 291 g/mol. The van der Waals surface area contributed by atoms with Crippen LogP contribution in [-0.2, 0) is 0 Å². The zero-order chi connectivity index (χ0) is 14.6. The van der Waals surface area contributed by atoms with E-state index in [2.05, 4.69) is 43.5 Å². The van der Waals surface area contributed by atoms with Crippen molar-refractivity contribution < 1.29 is 4.74 Å². The quantitative estimate of drug-likeness (QED) is 0.430. The summed E-state index contributed by atoms with van der Waals surface area (Å²) in [4.78, 5) is 0. The molecular formula is C17H25NOS. The van der Waals surface area contributed by atoms with Gasteiger partial charge in [0.05, 0.1) is 6.61 Å². The van der Waals surface area contributed by atoms with Crippen LogP contribution in [0.5, 0.6) is 5.75 Å². The molecule has 0 amide bonds. The number of ether oxygens (including phenoxy) is 1. The van der Waals surface area contributed by atoms with Crippen molar-refractivity contribution in [3.63, 3.8) is 0 Å². The maximum atomic E-state index is 8.58. The average molecular weight is 291 g/mol. The first-order chi connectivity index (χ1) is 9.81. The summed E-state index contributed by atoms with van der Waals surface area (Å²) in [5.74, 6) is 2.42. The van der Waals surface area contributed by atoms with Crippen LogP contribution in [0.15, 0.2) is 24.3 Å². The van der Waals surface area contributed by atoms with Crippen LogP contribution in [0.25, 0.3) is 0 Å². The molecule has 0 spiro atoms. The van der Waals surface area contributed by atoms with Crippen LogP contribution < -0.4 is 4.74 Å². The van der Waals surface area contributed by atoms with Gasteiger partial charge in [0.2, 0.25) is 0 Å². The molecular weight excluding hydrogens is 266 g/mol. The molecule has 0 N–H and O–H groups in total. The molecule has 0 saturated carbocycles. The van der Waals surface area contributed by atoms with Gasteiger partial charge in [-0.05, 0) is 54.6 Å². The van der Waals surface area contributed by atoms with E-state index in [4.69, 9.17) is 10.00 Å². The van der Waals surface area contributed by atoms with Crippen LogP contribution in [0.1, 0.15) is 57.4 Å². The maximum absolute atomic E-state index is 8.58. The first-order valence-electron chi connectivity index (χ1n) is 7.55. The number of nitriles is 1. The number of thioether (sulfide) groups is 1. The largest absolute Gasteiger partial charge is 0.494 e. The van der Waals surface area contributed by atoms with Crippen LogP contribution in [0.2, 0.25) is 0 Å². The number of thiocyanates is 1. The van der Waals surface area contributed by atoms with Crippen LogP contribution in [0, 0.1) is 10.7 Å². The number of hydrogen-bond donors (Lipinski definition) is 0. The molecule has 0 bridgehead atoms. The molecule has 0 heterocycles. The minimum atomic E-state index is 0.546. The normalized spacial score (nSPS) is 11.8. The third kappa shape index (κ3) is 6.34. The highest BCUT2D eigenvalue weighted by Crippen LogP contribution is 2.26. The maximum Gasteiger partial charge on any atom is 0.133 e. The number of unbranched alkanes of at least 4 members (excludes halogenated alkanes) is 2. The van der Waals surface area contributed by atoms with E-state index in [-0.39, 0.29) is 0 Å². The lowest BCUT2D eigenvalue weighted by Crippen LogP contribution is -2.00. The summed E-state index contributed by atoms with van der Waals surface area (Å²) < 4.78 is 5.73. The molecule has 3 heteroatoms. The minimum absolute atomic E-state index is 0.546. The van der Waals surface area contributed by atoms with Crippen molar-refractivity contribution in [1.29, 1.82) is 5.26 Å². The molecule has 0 aliphatic carbocycles. The van der Waals surface area contributed by atoms with E-state index < -0.39 is 0 Å². The molecule has 20 heavy (non-hydrogen) atoms. The Kier molecular flexibility index (Phi) is 8.98. The molecule has 0 fully saturated rings. The van der Waals surface area contributed by atoms with E-state index in [1.807, 2.05) is 0 Å². The SMILES string of the molecule is CCCCCOc1ccc(C(CC)CCSC#N)cc1. The zero-order valence-electron chi connectivity index (χ0n) is 12.6. The molecule has 1 aromatic rings. The summed E-state index contributed by atoms with van der Waals surface area (Å²) >= 11 is 1.35.